The van der Waals surface area contributed by atoms with E-state index in [-0.39, 0.29) is 5.78 Å². The average Bonchev–Trinajstić information content (AvgIpc) is 2.39. The van der Waals surface area contributed by atoms with E-state index >= 15 is 0 Å². The lowest BCUT2D eigenvalue weighted by atomic mass is 9.95. The zero-order valence-corrected chi connectivity index (χ0v) is 13.4. The number of methoxy groups -OCH3 is 1. The van der Waals surface area contributed by atoms with Crippen LogP contribution in [0.4, 0.5) is 0 Å². The highest BCUT2D eigenvalue weighted by Gasteiger charge is 2.13. The molecule has 110 valence electrons. The normalized spacial score (nSPS) is 10.5. The maximum Gasteiger partial charge on any atom is 0.167 e. The third-order valence-electron chi connectivity index (χ3n) is 3.69. The highest BCUT2D eigenvalue weighted by atomic mass is 16.5. The van der Waals surface area contributed by atoms with Crippen LogP contribution in [0.15, 0.2) is 30.3 Å². The Morgan fingerprint density at radius 2 is 1.52 bits per heavy atom. The first-order valence-corrected chi connectivity index (χ1v) is 7.16. The van der Waals surface area contributed by atoms with Crippen molar-refractivity contribution in [3.8, 4) is 5.75 Å². The van der Waals surface area contributed by atoms with Crippen LogP contribution in [0.3, 0.4) is 0 Å². The highest BCUT2D eigenvalue weighted by Crippen LogP contribution is 2.24. The van der Waals surface area contributed by atoms with Crippen LogP contribution in [0, 0.1) is 27.7 Å². The minimum atomic E-state index is 0.156. The zero-order chi connectivity index (χ0) is 15.6. The van der Waals surface area contributed by atoms with Gasteiger partial charge in [0.1, 0.15) is 5.75 Å². The van der Waals surface area contributed by atoms with Crippen LogP contribution in [0.25, 0.3) is 0 Å². The molecule has 0 aliphatic heterocycles. The van der Waals surface area contributed by atoms with E-state index in [4.69, 9.17) is 4.74 Å². The Morgan fingerprint density at radius 1 is 0.905 bits per heavy atom. The van der Waals surface area contributed by atoms with Crippen LogP contribution >= 0.6 is 0 Å². The van der Waals surface area contributed by atoms with Gasteiger partial charge in [0.25, 0.3) is 0 Å². The summed E-state index contributed by atoms with van der Waals surface area (Å²) in [5.41, 5.74) is 6.21. The lowest BCUT2D eigenvalue weighted by molar-refractivity contribution is 0.0992. The lowest BCUT2D eigenvalue weighted by Gasteiger charge is -2.11. The molecule has 0 N–H and O–H groups in total. The van der Waals surface area contributed by atoms with E-state index in [1.165, 1.54) is 11.1 Å². The minimum Gasteiger partial charge on any atom is -0.496 e. The number of ketones is 1. The number of Topliss-reactive ketones (excluding diaryl/α,β-unsaturated/α-hetero) is 1. The number of ether oxygens (including phenoxy) is 1. The molecule has 2 nitrogen and oxygen atoms in total. The van der Waals surface area contributed by atoms with Crippen molar-refractivity contribution in [3.05, 3.63) is 63.7 Å². The van der Waals surface area contributed by atoms with Gasteiger partial charge in [-0.25, -0.2) is 0 Å². The molecule has 21 heavy (non-hydrogen) atoms. The van der Waals surface area contributed by atoms with Crippen molar-refractivity contribution < 1.29 is 9.53 Å². The van der Waals surface area contributed by atoms with Gasteiger partial charge in [-0.05, 0) is 56.5 Å². The van der Waals surface area contributed by atoms with Crippen LogP contribution in [-0.4, -0.2) is 12.9 Å². The standard InChI is InChI=1S/C19H22O2/c1-12-6-13(2)8-16(7-12)11-18(20)17-9-15(4)19(21-5)10-14(17)3/h6-10H,11H2,1-5H3. The van der Waals surface area contributed by atoms with Gasteiger partial charge in [-0.3, -0.25) is 4.79 Å². The fraction of sp³-hybridized carbons (Fsp3) is 0.316. The quantitative estimate of drug-likeness (QED) is 0.779. The van der Waals surface area contributed by atoms with Gasteiger partial charge in [-0.2, -0.15) is 0 Å². The molecule has 0 aliphatic rings. The summed E-state index contributed by atoms with van der Waals surface area (Å²) in [6, 6.07) is 10.1. The number of hydrogen-bond acceptors (Lipinski definition) is 2. The van der Waals surface area contributed by atoms with Gasteiger partial charge in [-0.15, -0.1) is 0 Å². The van der Waals surface area contributed by atoms with Crippen LogP contribution in [-0.2, 0) is 6.42 Å². The fourth-order valence-electron chi connectivity index (χ4n) is 2.76. The molecule has 0 amide bonds. The first-order valence-electron chi connectivity index (χ1n) is 7.16. The molecule has 0 aliphatic carbocycles. The fourth-order valence-corrected chi connectivity index (χ4v) is 2.76. The molecule has 2 aromatic rings. The first-order chi connectivity index (χ1) is 9.90. The van der Waals surface area contributed by atoms with Crippen molar-refractivity contribution in [1.82, 2.24) is 0 Å². The number of rotatable bonds is 4. The van der Waals surface area contributed by atoms with Gasteiger partial charge in [0.15, 0.2) is 5.78 Å². The van der Waals surface area contributed by atoms with Crippen LogP contribution in [0.1, 0.15) is 38.2 Å². The Balaban J connectivity index is 2.30. The maximum absolute atomic E-state index is 12.6. The van der Waals surface area contributed by atoms with Crippen molar-refractivity contribution in [2.24, 2.45) is 0 Å². The average molecular weight is 282 g/mol. The summed E-state index contributed by atoms with van der Waals surface area (Å²) >= 11 is 0. The number of benzene rings is 2. The van der Waals surface area contributed by atoms with Gasteiger partial charge in [-0.1, -0.05) is 29.3 Å². The number of carbonyl (C=O) groups is 1. The molecule has 0 heterocycles. The number of aryl methyl sites for hydroxylation is 4. The maximum atomic E-state index is 12.6. The van der Waals surface area contributed by atoms with Crippen LogP contribution in [0.5, 0.6) is 5.75 Å². The molecule has 2 aromatic carbocycles. The Bertz CT molecular complexity index is 664. The van der Waals surface area contributed by atoms with Gasteiger partial charge in [0.2, 0.25) is 0 Å². The van der Waals surface area contributed by atoms with E-state index in [2.05, 4.69) is 32.0 Å². The monoisotopic (exact) mass is 282 g/mol. The second kappa shape index (κ2) is 6.13. The molecule has 0 fully saturated rings. The highest BCUT2D eigenvalue weighted by molar-refractivity contribution is 5.99. The van der Waals surface area contributed by atoms with Crippen LogP contribution in [0.2, 0.25) is 0 Å². The third kappa shape index (κ3) is 3.52. The van der Waals surface area contributed by atoms with Gasteiger partial charge in [0, 0.05) is 12.0 Å². The molecular weight excluding hydrogens is 260 g/mol. The molecule has 0 bridgehead atoms. The van der Waals surface area contributed by atoms with E-state index in [1.807, 2.05) is 26.0 Å². The molecule has 2 rings (SSSR count). The van der Waals surface area contributed by atoms with E-state index in [0.29, 0.717) is 6.42 Å². The van der Waals surface area contributed by atoms with Crippen LogP contribution < -0.4 is 4.74 Å². The Kier molecular flexibility index (Phi) is 4.46. The molecule has 0 unspecified atom stereocenters. The van der Waals surface area contributed by atoms with Crippen molar-refractivity contribution in [1.29, 1.82) is 0 Å². The molecule has 0 saturated carbocycles. The summed E-state index contributed by atoms with van der Waals surface area (Å²) < 4.78 is 5.30. The molecule has 0 radical (unpaired) electrons. The lowest BCUT2D eigenvalue weighted by Crippen LogP contribution is -2.07. The Labute approximate surface area is 126 Å². The topological polar surface area (TPSA) is 26.3 Å². The summed E-state index contributed by atoms with van der Waals surface area (Å²) in [5.74, 6) is 0.985. The smallest absolute Gasteiger partial charge is 0.167 e. The predicted molar refractivity (Wildman–Crippen MR) is 86.4 cm³/mol. The third-order valence-corrected chi connectivity index (χ3v) is 3.69. The van der Waals surface area contributed by atoms with Crippen molar-refractivity contribution in [2.45, 2.75) is 34.1 Å². The summed E-state index contributed by atoms with van der Waals surface area (Å²) in [5, 5.41) is 0. The largest absolute Gasteiger partial charge is 0.496 e. The molecule has 0 aromatic heterocycles. The second-order valence-electron chi connectivity index (χ2n) is 5.73. The van der Waals surface area contributed by atoms with Crippen molar-refractivity contribution >= 4 is 5.78 Å². The summed E-state index contributed by atoms with van der Waals surface area (Å²) in [6.07, 6.45) is 0.440. The van der Waals surface area contributed by atoms with E-state index in [1.54, 1.807) is 7.11 Å². The van der Waals surface area contributed by atoms with Gasteiger partial charge < -0.3 is 4.74 Å². The summed E-state index contributed by atoms with van der Waals surface area (Å²) in [7, 11) is 1.65. The summed E-state index contributed by atoms with van der Waals surface area (Å²) in [4.78, 5) is 12.6. The first kappa shape index (κ1) is 15.3. The molecular formula is C19H22O2. The predicted octanol–water partition coefficient (Wildman–Crippen LogP) is 4.35. The number of carbonyl (C=O) groups excluding carboxylic acids is 1. The molecule has 2 heteroatoms. The van der Waals surface area contributed by atoms with Crippen molar-refractivity contribution in [2.75, 3.05) is 7.11 Å². The van der Waals surface area contributed by atoms with E-state index in [0.717, 1.165) is 28.0 Å². The second-order valence-corrected chi connectivity index (χ2v) is 5.73. The van der Waals surface area contributed by atoms with Crippen molar-refractivity contribution in [3.63, 3.8) is 0 Å². The zero-order valence-electron chi connectivity index (χ0n) is 13.4. The number of hydrogen-bond donors (Lipinski definition) is 0. The summed E-state index contributed by atoms with van der Waals surface area (Å²) in [6.45, 7) is 8.04. The molecule has 0 atom stereocenters. The molecule has 0 saturated heterocycles. The SMILES string of the molecule is COc1cc(C)c(C(=O)Cc2cc(C)cc(C)c2)cc1C. The Hall–Kier alpha value is -2.09. The van der Waals surface area contributed by atoms with E-state index in [9.17, 15) is 4.79 Å². The molecule has 0 spiro atoms. The Morgan fingerprint density at radius 3 is 2.10 bits per heavy atom. The van der Waals surface area contributed by atoms with E-state index < -0.39 is 0 Å². The van der Waals surface area contributed by atoms with Gasteiger partial charge in [0.05, 0.1) is 7.11 Å². The minimum absolute atomic E-state index is 0.156. The van der Waals surface area contributed by atoms with Gasteiger partial charge >= 0.3 is 0 Å².